The number of methoxy groups -OCH3 is 1. The van der Waals surface area contributed by atoms with E-state index in [2.05, 4.69) is 28.2 Å². The Balaban J connectivity index is 1.59. The number of thiophene rings is 1. The lowest BCUT2D eigenvalue weighted by molar-refractivity contribution is 0.0600. The number of esters is 1. The van der Waals surface area contributed by atoms with Crippen molar-refractivity contribution in [2.75, 3.05) is 7.11 Å². The molecule has 0 aliphatic heterocycles. The fourth-order valence-corrected chi connectivity index (χ4v) is 4.74. The Kier molecular flexibility index (Phi) is 5.18. The van der Waals surface area contributed by atoms with E-state index >= 15 is 0 Å². The van der Waals surface area contributed by atoms with Crippen LogP contribution in [-0.4, -0.2) is 23.0 Å². The van der Waals surface area contributed by atoms with Gasteiger partial charge >= 0.3 is 5.97 Å². The molecule has 134 valence electrons. The van der Waals surface area contributed by atoms with Crippen molar-refractivity contribution in [1.29, 1.82) is 0 Å². The van der Waals surface area contributed by atoms with E-state index in [0.29, 0.717) is 11.3 Å². The molecule has 4 rings (SSSR count). The summed E-state index contributed by atoms with van der Waals surface area (Å²) in [6, 6.07) is 19.9. The molecule has 0 unspecified atom stereocenters. The molecule has 6 heteroatoms. The van der Waals surface area contributed by atoms with E-state index in [1.54, 1.807) is 35.5 Å². The number of thioether (sulfide) groups is 1. The van der Waals surface area contributed by atoms with Gasteiger partial charge in [0, 0.05) is 16.0 Å². The third-order valence-corrected chi connectivity index (χ3v) is 6.24. The van der Waals surface area contributed by atoms with E-state index in [-0.39, 0.29) is 5.97 Å². The summed E-state index contributed by atoms with van der Waals surface area (Å²) in [5, 5.41) is 2.01. The number of benzene rings is 2. The predicted molar refractivity (Wildman–Crippen MR) is 110 cm³/mol. The van der Waals surface area contributed by atoms with E-state index in [1.165, 1.54) is 17.6 Å². The van der Waals surface area contributed by atoms with Crippen molar-refractivity contribution >= 4 is 39.3 Å². The fourth-order valence-electron chi connectivity index (χ4n) is 2.75. The largest absolute Gasteiger partial charge is 0.465 e. The molecule has 0 aliphatic rings. The van der Waals surface area contributed by atoms with Gasteiger partial charge in [-0.15, -0.1) is 23.1 Å². The van der Waals surface area contributed by atoms with Gasteiger partial charge in [0.25, 0.3) is 0 Å². The van der Waals surface area contributed by atoms with Crippen molar-refractivity contribution in [2.24, 2.45) is 0 Å². The molecule has 0 spiro atoms. The summed E-state index contributed by atoms with van der Waals surface area (Å²) < 4.78 is 4.79. The zero-order valence-corrected chi connectivity index (χ0v) is 16.2. The summed E-state index contributed by atoms with van der Waals surface area (Å²) in [6.07, 6.45) is 1.61. The quantitative estimate of drug-likeness (QED) is 0.257. The van der Waals surface area contributed by atoms with Crippen LogP contribution in [0.3, 0.4) is 0 Å². The van der Waals surface area contributed by atoms with Crippen LogP contribution in [0.15, 0.2) is 72.0 Å². The molecule has 0 N–H and O–H groups in total. The Morgan fingerprint density at radius 1 is 1.07 bits per heavy atom. The highest BCUT2D eigenvalue weighted by atomic mass is 32.2. The minimum absolute atomic E-state index is 0.323. The van der Waals surface area contributed by atoms with Crippen LogP contribution in [0.5, 0.6) is 0 Å². The van der Waals surface area contributed by atoms with E-state index in [4.69, 9.17) is 4.74 Å². The van der Waals surface area contributed by atoms with Crippen LogP contribution < -0.4 is 0 Å². The number of ether oxygens (including phenoxy) is 1. The number of carbonyl (C=O) groups is 1. The number of aromatic nitrogens is 2. The molecular weight excluding hydrogens is 376 g/mol. The van der Waals surface area contributed by atoms with E-state index in [9.17, 15) is 4.79 Å². The minimum Gasteiger partial charge on any atom is -0.465 e. The third kappa shape index (κ3) is 3.86. The van der Waals surface area contributed by atoms with Crippen LogP contribution in [0.2, 0.25) is 0 Å². The smallest absolute Gasteiger partial charge is 0.337 e. The summed E-state index contributed by atoms with van der Waals surface area (Å²) >= 11 is 3.31. The highest BCUT2D eigenvalue weighted by Gasteiger charge is 2.11. The maximum Gasteiger partial charge on any atom is 0.337 e. The zero-order chi connectivity index (χ0) is 18.6. The molecule has 0 amide bonds. The standard InChI is InChI=1S/C21H16N2O2S2/c1-25-21(24)16-9-5-6-14(10-16)12-26-19-17-11-18(15-7-3-2-4-8-15)27-20(17)23-13-22-19/h2-11,13H,12H2,1H3. The maximum atomic E-state index is 11.7. The lowest BCUT2D eigenvalue weighted by atomic mass is 10.1. The molecule has 0 fully saturated rings. The molecule has 27 heavy (non-hydrogen) atoms. The van der Waals surface area contributed by atoms with Gasteiger partial charge in [-0.2, -0.15) is 0 Å². The van der Waals surface area contributed by atoms with Gasteiger partial charge in [-0.1, -0.05) is 42.5 Å². The Morgan fingerprint density at radius 2 is 1.93 bits per heavy atom. The molecule has 0 aliphatic carbocycles. The Labute approximate surface area is 165 Å². The predicted octanol–water partition coefficient (Wildman–Crippen LogP) is 5.44. The molecule has 0 bridgehead atoms. The molecule has 4 nitrogen and oxygen atoms in total. The number of fused-ring (bicyclic) bond motifs is 1. The van der Waals surface area contributed by atoms with Gasteiger partial charge in [-0.3, -0.25) is 0 Å². The van der Waals surface area contributed by atoms with Crippen LogP contribution in [0.25, 0.3) is 20.7 Å². The summed E-state index contributed by atoms with van der Waals surface area (Å²) in [7, 11) is 1.39. The van der Waals surface area contributed by atoms with Crippen molar-refractivity contribution in [3.8, 4) is 10.4 Å². The lowest BCUT2D eigenvalue weighted by Gasteiger charge is -2.04. The minimum atomic E-state index is -0.323. The SMILES string of the molecule is COC(=O)c1cccc(CSc2ncnc3sc(-c4ccccc4)cc23)c1. The summed E-state index contributed by atoms with van der Waals surface area (Å²) in [6.45, 7) is 0. The number of rotatable bonds is 5. The summed E-state index contributed by atoms with van der Waals surface area (Å²) in [5.74, 6) is 0.393. The van der Waals surface area contributed by atoms with E-state index < -0.39 is 0 Å². The van der Waals surface area contributed by atoms with E-state index in [1.807, 2.05) is 36.4 Å². The second-order valence-electron chi connectivity index (χ2n) is 5.85. The molecule has 0 radical (unpaired) electrons. The molecule has 4 aromatic rings. The molecule has 0 saturated carbocycles. The summed E-state index contributed by atoms with van der Waals surface area (Å²) in [4.78, 5) is 22.8. The third-order valence-electron chi connectivity index (χ3n) is 4.07. The normalized spacial score (nSPS) is 10.9. The molecular formula is C21H16N2O2S2. The maximum absolute atomic E-state index is 11.7. The topological polar surface area (TPSA) is 52.1 Å². The van der Waals surface area contributed by atoms with Gasteiger partial charge in [-0.05, 0) is 29.3 Å². The molecule has 0 saturated heterocycles. The van der Waals surface area contributed by atoms with Crippen LogP contribution in [0.4, 0.5) is 0 Å². The lowest BCUT2D eigenvalue weighted by Crippen LogP contribution is -2.01. The van der Waals surface area contributed by atoms with Gasteiger partial charge in [0.15, 0.2) is 0 Å². The first kappa shape index (κ1) is 17.7. The number of hydrogen-bond acceptors (Lipinski definition) is 6. The van der Waals surface area contributed by atoms with Gasteiger partial charge in [-0.25, -0.2) is 14.8 Å². The molecule has 2 aromatic heterocycles. The van der Waals surface area contributed by atoms with Crippen LogP contribution >= 0.6 is 23.1 Å². The van der Waals surface area contributed by atoms with Gasteiger partial charge in [0.2, 0.25) is 0 Å². The van der Waals surface area contributed by atoms with Crippen molar-refractivity contribution in [2.45, 2.75) is 10.8 Å². The second-order valence-corrected chi connectivity index (χ2v) is 7.85. The monoisotopic (exact) mass is 392 g/mol. The fraction of sp³-hybridized carbons (Fsp3) is 0.0952. The average Bonchev–Trinajstić information content (AvgIpc) is 3.17. The summed E-state index contributed by atoms with van der Waals surface area (Å²) in [5.41, 5.74) is 2.79. The Hall–Kier alpha value is -2.70. The first-order valence-electron chi connectivity index (χ1n) is 8.34. The van der Waals surface area contributed by atoms with Crippen LogP contribution in [0, 0.1) is 0 Å². The number of nitrogens with zero attached hydrogens (tertiary/aromatic N) is 2. The Bertz CT molecular complexity index is 1090. The highest BCUT2D eigenvalue weighted by Crippen LogP contribution is 2.36. The van der Waals surface area contributed by atoms with Gasteiger partial charge in [0.05, 0.1) is 12.7 Å². The second kappa shape index (κ2) is 7.90. The molecule has 0 atom stereocenters. The van der Waals surface area contributed by atoms with Crippen molar-refractivity contribution < 1.29 is 9.53 Å². The van der Waals surface area contributed by atoms with E-state index in [0.717, 1.165) is 20.8 Å². The number of hydrogen-bond donors (Lipinski definition) is 0. The van der Waals surface area contributed by atoms with Crippen LogP contribution in [0.1, 0.15) is 15.9 Å². The van der Waals surface area contributed by atoms with Crippen molar-refractivity contribution in [3.63, 3.8) is 0 Å². The van der Waals surface area contributed by atoms with Crippen molar-refractivity contribution in [3.05, 3.63) is 78.1 Å². The molecule has 2 heterocycles. The van der Waals surface area contributed by atoms with Gasteiger partial charge in [0.1, 0.15) is 16.2 Å². The Morgan fingerprint density at radius 3 is 2.74 bits per heavy atom. The average molecular weight is 393 g/mol. The van der Waals surface area contributed by atoms with Crippen molar-refractivity contribution in [1.82, 2.24) is 9.97 Å². The first-order chi connectivity index (χ1) is 13.2. The van der Waals surface area contributed by atoms with Crippen LogP contribution in [-0.2, 0) is 10.5 Å². The van der Waals surface area contributed by atoms with Gasteiger partial charge < -0.3 is 4.74 Å². The molecule has 2 aromatic carbocycles. The zero-order valence-electron chi connectivity index (χ0n) is 14.6. The first-order valence-corrected chi connectivity index (χ1v) is 10.1. The highest BCUT2D eigenvalue weighted by molar-refractivity contribution is 7.98. The number of carbonyl (C=O) groups excluding carboxylic acids is 1.